The van der Waals surface area contributed by atoms with Gasteiger partial charge in [0.1, 0.15) is 5.69 Å². The lowest BCUT2D eigenvalue weighted by Crippen LogP contribution is -2.18. The van der Waals surface area contributed by atoms with Gasteiger partial charge in [-0.15, -0.1) is 0 Å². The predicted octanol–water partition coefficient (Wildman–Crippen LogP) is 3.28. The van der Waals surface area contributed by atoms with Gasteiger partial charge in [-0.05, 0) is 38.1 Å². The molecule has 3 aromatic rings. The number of carbonyl (C=O) groups is 2. The summed E-state index contributed by atoms with van der Waals surface area (Å²) < 4.78 is 3.19. The molecule has 0 unspecified atom stereocenters. The smallest absolute Gasteiger partial charge is 0.277 e. The third-order valence-corrected chi connectivity index (χ3v) is 4.16. The van der Waals surface area contributed by atoms with Gasteiger partial charge in [0, 0.05) is 36.9 Å². The van der Waals surface area contributed by atoms with Crippen LogP contribution in [0.5, 0.6) is 0 Å². The molecule has 1 aromatic carbocycles. The minimum atomic E-state index is -0.417. The zero-order valence-corrected chi connectivity index (χ0v) is 15.7. The van der Waals surface area contributed by atoms with Crippen LogP contribution in [0, 0.1) is 0 Å². The largest absolute Gasteiger partial charge is 0.321 e. The first-order chi connectivity index (χ1) is 13.0. The van der Waals surface area contributed by atoms with E-state index in [1.807, 2.05) is 13.8 Å². The minimum absolute atomic E-state index is 0.153. The molecule has 2 N–H and O–H groups in total. The van der Waals surface area contributed by atoms with Gasteiger partial charge < -0.3 is 10.6 Å². The Morgan fingerprint density at radius 1 is 1.07 bits per heavy atom. The lowest BCUT2D eigenvalue weighted by molar-refractivity contribution is 0.101. The van der Waals surface area contributed by atoms with E-state index in [0.29, 0.717) is 30.2 Å². The van der Waals surface area contributed by atoms with Crippen LogP contribution >= 0.6 is 11.6 Å². The Bertz CT molecular complexity index is 978. The van der Waals surface area contributed by atoms with Crippen molar-refractivity contribution in [3.63, 3.8) is 0 Å². The first-order valence-electron chi connectivity index (χ1n) is 8.49. The third kappa shape index (κ3) is 4.17. The molecule has 0 saturated heterocycles. The highest BCUT2D eigenvalue weighted by Crippen LogP contribution is 2.19. The van der Waals surface area contributed by atoms with E-state index >= 15 is 0 Å². The number of aromatic nitrogens is 4. The maximum atomic E-state index is 12.4. The Hall–Kier alpha value is -3.13. The Kier molecular flexibility index (Phi) is 5.56. The molecular formula is C18H19ClN6O2. The summed E-state index contributed by atoms with van der Waals surface area (Å²) in [5.41, 5.74) is 1.68. The number of carbonyl (C=O) groups excluding carboxylic acids is 2. The molecule has 140 valence electrons. The lowest BCUT2D eigenvalue weighted by Gasteiger charge is -2.09. The Balaban J connectivity index is 1.72. The molecular weight excluding hydrogens is 368 g/mol. The zero-order chi connectivity index (χ0) is 19.4. The third-order valence-electron chi connectivity index (χ3n) is 3.88. The van der Waals surface area contributed by atoms with Crippen LogP contribution in [0.2, 0.25) is 5.02 Å². The maximum absolute atomic E-state index is 12.4. The molecule has 8 nitrogen and oxygen atoms in total. The van der Waals surface area contributed by atoms with Crippen LogP contribution < -0.4 is 10.6 Å². The van der Waals surface area contributed by atoms with Crippen molar-refractivity contribution in [3.05, 3.63) is 59.1 Å². The van der Waals surface area contributed by atoms with Gasteiger partial charge in [0.25, 0.3) is 11.8 Å². The number of anilines is 2. The molecule has 3 rings (SSSR count). The molecule has 2 amide bonds. The van der Waals surface area contributed by atoms with Crippen LogP contribution in [0.4, 0.5) is 11.4 Å². The quantitative estimate of drug-likeness (QED) is 0.679. The normalized spacial score (nSPS) is 10.6. The van der Waals surface area contributed by atoms with E-state index < -0.39 is 5.91 Å². The summed E-state index contributed by atoms with van der Waals surface area (Å²) in [5.74, 6) is -0.692. The average Bonchev–Trinajstić information content (AvgIpc) is 3.28. The molecule has 0 bridgehead atoms. The standard InChI is InChI=1S/C18H19ClN6O2/c1-3-24-11-14(19)16(23-24)18(27)22-13-7-5-6-12(10-13)21-17(26)15-8-9-20-25(15)4-2/h5-11H,3-4H2,1-2H3,(H,21,26)(H,22,27). The van der Waals surface area contributed by atoms with Crippen molar-refractivity contribution in [2.24, 2.45) is 0 Å². The first-order valence-corrected chi connectivity index (χ1v) is 8.87. The zero-order valence-electron chi connectivity index (χ0n) is 14.9. The van der Waals surface area contributed by atoms with Crippen LogP contribution in [0.3, 0.4) is 0 Å². The molecule has 2 heterocycles. The van der Waals surface area contributed by atoms with Gasteiger partial charge in [-0.2, -0.15) is 10.2 Å². The topological polar surface area (TPSA) is 93.8 Å². The van der Waals surface area contributed by atoms with Crippen LogP contribution in [0.25, 0.3) is 0 Å². The second-order valence-electron chi connectivity index (χ2n) is 5.70. The molecule has 0 fully saturated rings. The van der Waals surface area contributed by atoms with Gasteiger partial charge in [0.15, 0.2) is 5.69 Å². The van der Waals surface area contributed by atoms with Crippen molar-refractivity contribution in [2.75, 3.05) is 10.6 Å². The number of nitrogens with one attached hydrogen (secondary N) is 2. The highest BCUT2D eigenvalue weighted by molar-refractivity contribution is 6.34. The highest BCUT2D eigenvalue weighted by Gasteiger charge is 2.16. The van der Waals surface area contributed by atoms with Gasteiger partial charge in [-0.25, -0.2) is 0 Å². The van der Waals surface area contributed by atoms with Gasteiger partial charge in [0.2, 0.25) is 0 Å². The highest BCUT2D eigenvalue weighted by atomic mass is 35.5. The van der Waals surface area contributed by atoms with E-state index in [4.69, 9.17) is 11.6 Å². The summed E-state index contributed by atoms with van der Waals surface area (Å²) in [4.78, 5) is 24.8. The molecule has 2 aromatic heterocycles. The minimum Gasteiger partial charge on any atom is -0.321 e. The lowest BCUT2D eigenvalue weighted by atomic mass is 10.2. The van der Waals surface area contributed by atoms with E-state index in [0.717, 1.165) is 0 Å². The molecule has 0 aliphatic heterocycles. The molecule has 0 radical (unpaired) electrons. The summed E-state index contributed by atoms with van der Waals surface area (Å²) in [7, 11) is 0. The van der Waals surface area contributed by atoms with Crippen molar-refractivity contribution in [2.45, 2.75) is 26.9 Å². The number of halogens is 1. The molecule has 0 aliphatic carbocycles. The number of hydrogen-bond acceptors (Lipinski definition) is 4. The Labute approximate surface area is 161 Å². The first kappa shape index (κ1) is 18.7. The van der Waals surface area contributed by atoms with Crippen molar-refractivity contribution in [3.8, 4) is 0 Å². The monoisotopic (exact) mass is 386 g/mol. The van der Waals surface area contributed by atoms with Crippen molar-refractivity contribution in [1.82, 2.24) is 19.6 Å². The van der Waals surface area contributed by atoms with Crippen molar-refractivity contribution < 1.29 is 9.59 Å². The number of aryl methyl sites for hydroxylation is 2. The molecule has 0 saturated carbocycles. The SMILES string of the molecule is CCn1cc(Cl)c(C(=O)Nc2cccc(NC(=O)c3ccnn3CC)c2)n1. The number of amides is 2. The van der Waals surface area contributed by atoms with E-state index in [2.05, 4.69) is 20.8 Å². The van der Waals surface area contributed by atoms with Gasteiger partial charge in [-0.1, -0.05) is 17.7 Å². The molecule has 0 spiro atoms. The number of nitrogens with zero attached hydrogens (tertiary/aromatic N) is 4. The van der Waals surface area contributed by atoms with Crippen LogP contribution in [0.15, 0.2) is 42.7 Å². The second-order valence-corrected chi connectivity index (χ2v) is 6.11. The number of hydrogen-bond donors (Lipinski definition) is 2. The number of benzene rings is 1. The van der Waals surface area contributed by atoms with E-state index in [9.17, 15) is 9.59 Å². The summed E-state index contributed by atoms with van der Waals surface area (Å²) in [6, 6.07) is 8.49. The maximum Gasteiger partial charge on any atom is 0.277 e. The van der Waals surface area contributed by atoms with E-state index in [1.54, 1.807) is 52.1 Å². The Morgan fingerprint density at radius 3 is 2.41 bits per heavy atom. The van der Waals surface area contributed by atoms with Gasteiger partial charge >= 0.3 is 0 Å². The van der Waals surface area contributed by atoms with Crippen LogP contribution in [-0.4, -0.2) is 31.4 Å². The second kappa shape index (κ2) is 8.05. The van der Waals surface area contributed by atoms with E-state index in [1.165, 1.54) is 0 Å². The average molecular weight is 387 g/mol. The van der Waals surface area contributed by atoms with Crippen LogP contribution in [-0.2, 0) is 13.1 Å². The Morgan fingerprint density at radius 2 is 1.78 bits per heavy atom. The van der Waals surface area contributed by atoms with Crippen LogP contribution in [0.1, 0.15) is 34.8 Å². The fourth-order valence-corrected chi connectivity index (χ4v) is 2.79. The molecule has 0 aliphatic rings. The van der Waals surface area contributed by atoms with Gasteiger partial charge in [-0.3, -0.25) is 19.0 Å². The summed E-state index contributed by atoms with van der Waals surface area (Å²) in [6.07, 6.45) is 3.18. The molecule has 0 atom stereocenters. The van der Waals surface area contributed by atoms with E-state index in [-0.39, 0.29) is 16.6 Å². The van der Waals surface area contributed by atoms with Crippen molar-refractivity contribution >= 4 is 34.8 Å². The summed E-state index contributed by atoms with van der Waals surface area (Å²) in [5, 5.41) is 14.0. The molecule has 27 heavy (non-hydrogen) atoms. The number of rotatable bonds is 6. The fraction of sp³-hybridized carbons (Fsp3) is 0.222. The summed E-state index contributed by atoms with van der Waals surface area (Å²) in [6.45, 7) is 5.02. The molecule has 9 heteroatoms. The van der Waals surface area contributed by atoms with Gasteiger partial charge in [0.05, 0.1) is 5.02 Å². The predicted molar refractivity (Wildman–Crippen MR) is 103 cm³/mol. The summed E-state index contributed by atoms with van der Waals surface area (Å²) >= 11 is 6.06. The van der Waals surface area contributed by atoms with Crippen molar-refractivity contribution in [1.29, 1.82) is 0 Å². The fourth-order valence-electron chi connectivity index (χ4n) is 2.55.